The van der Waals surface area contributed by atoms with Crippen molar-refractivity contribution in [1.29, 1.82) is 0 Å². The molecule has 2 heterocycles. The predicted octanol–water partition coefficient (Wildman–Crippen LogP) is 2.85. The molecular weight excluding hydrogens is 332 g/mol. The molecule has 2 aromatic rings. The van der Waals surface area contributed by atoms with Gasteiger partial charge < -0.3 is 5.32 Å². The Morgan fingerprint density at radius 2 is 1.96 bits per heavy atom. The molecule has 0 radical (unpaired) electrons. The lowest BCUT2D eigenvalue weighted by Crippen LogP contribution is -2.42. The molecule has 1 aromatic carbocycles. The van der Waals surface area contributed by atoms with Crippen LogP contribution in [-0.2, 0) is 14.8 Å². The predicted molar refractivity (Wildman–Crippen MR) is 91.0 cm³/mol. The van der Waals surface area contributed by atoms with Crippen LogP contribution in [0, 0.1) is 6.92 Å². The molecule has 5 nitrogen and oxygen atoms in total. The lowest BCUT2D eigenvalue weighted by atomic mass is 10.2. The molecule has 1 N–H and O–H groups in total. The highest BCUT2D eigenvalue weighted by Crippen LogP contribution is 2.30. The summed E-state index contributed by atoms with van der Waals surface area (Å²) in [5.74, 6) is -0.273. The molecule has 0 spiro atoms. The van der Waals surface area contributed by atoms with E-state index >= 15 is 0 Å². The van der Waals surface area contributed by atoms with Gasteiger partial charge in [0.25, 0.3) is 10.0 Å². The summed E-state index contributed by atoms with van der Waals surface area (Å²) >= 11 is 1.24. The zero-order valence-electron chi connectivity index (χ0n) is 12.7. The summed E-state index contributed by atoms with van der Waals surface area (Å²) in [5, 5.41) is 2.80. The van der Waals surface area contributed by atoms with Crippen molar-refractivity contribution in [3.8, 4) is 0 Å². The van der Waals surface area contributed by atoms with Crippen LogP contribution in [0.3, 0.4) is 0 Å². The highest BCUT2D eigenvalue weighted by Gasteiger charge is 2.40. The Bertz CT molecular complexity index is 800. The van der Waals surface area contributed by atoms with Gasteiger partial charge >= 0.3 is 0 Å². The van der Waals surface area contributed by atoms with Gasteiger partial charge in [0.05, 0.1) is 0 Å². The quantitative estimate of drug-likeness (QED) is 0.922. The minimum atomic E-state index is -3.61. The van der Waals surface area contributed by atoms with Crippen molar-refractivity contribution in [3.05, 3.63) is 47.3 Å². The van der Waals surface area contributed by atoms with Crippen LogP contribution in [0.25, 0.3) is 0 Å². The van der Waals surface area contributed by atoms with Gasteiger partial charge in [-0.2, -0.15) is 4.31 Å². The first kappa shape index (κ1) is 16.2. The van der Waals surface area contributed by atoms with Gasteiger partial charge in [-0.15, -0.1) is 11.3 Å². The molecule has 1 fully saturated rings. The molecule has 1 aliphatic rings. The summed E-state index contributed by atoms with van der Waals surface area (Å²) in [7, 11) is -3.61. The lowest BCUT2D eigenvalue weighted by molar-refractivity contribution is -0.119. The summed E-state index contributed by atoms with van der Waals surface area (Å²) in [6, 6.07) is 11.8. The highest BCUT2D eigenvalue weighted by atomic mass is 32.2. The van der Waals surface area contributed by atoms with Gasteiger partial charge in [0.1, 0.15) is 10.3 Å². The van der Waals surface area contributed by atoms with E-state index in [1.807, 2.05) is 25.1 Å². The van der Waals surface area contributed by atoms with Gasteiger partial charge in [-0.1, -0.05) is 18.2 Å². The first-order valence-electron chi connectivity index (χ1n) is 7.43. The Labute approximate surface area is 140 Å². The zero-order chi connectivity index (χ0) is 16.4. The van der Waals surface area contributed by atoms with E-state index in [1.165, 1.54) is 15.6 Å². The number of benzene rings is 1. The maximum Gasteiger partial charge on any atom is 0.253 e. The minimum Gasteiger partial charge on any atom is -0.325 e. The van der Waals surface area contributed by atoms with Crippen LogP contribution in [-0.4, -0.2) is 31.2 Å². The monoisotopic (exact) mass is 350 g/mol. The second-order valence-electron chi connectivity index (χ2n) is 5.49. The van der Waals surface area contributed by atoms with Crippen molar-refractivity contribution >= 4 is 33.0 Å². The van der Waals surface area contributed by atoms with Crippen LogP contribution in [0.5, 0.6) is 0 Å². The SMILES string of the molecule is Cc1ccc(S(=O)(=O)N2CCC[C@@H]2C(=O)Nc2ccccc2)s1. The zero-order valence-corrected chi connectivity index (χ0v) is 14.4. The van der Waals surface area contributed by atoms with E-state index in [4.69, 9.17) is 0 Å². The van der Waals surface area contributed by atoms with E-state index in [9.17, 15) is 13.2 Å². The first-order valence-corrected chi connectivity index (χ1v) is 9.68. The lowest BCUT2D eigenvalue weighted by Gasteiger charge is -2.22. The number of nitrogens with zero attached hydrogens (tertiary/aromatic N) is 1. The van der Waals surface area contributed by atoms with Crippen molar-refractivity contribution in [1.82, 2.24) is 4.31 Å². The van der Waals surface area contributed by atoms with E-state index in [0.717, 1.165) is 4.88 Å². The van der Waals surface area contributed by atoms with E-state index < -0.39 is 16.1 Å². The minimum absolute atomic E-state index is 0.273. The molecule has 1 atom stereocenters. The average Bonchev–Trinajstić information content (AvgIpc) is 3.17. The number of amides is 1. The maximum absolute atomic E-state index is 12.8. The van der Waals surface area contributed by atoms with Gasteiger partial charge in [-0.3, -0.25) is 4.79 Å². The van der Waals surface area contributed by atoms with Crippen molar-refractivity contribution < 1.29 is 13.2 Å². The summed E-state index contributed by atoms with van der Waals surface area (Å²) < 4.78 is 27.2. The van der Waals surface area contributed by atoms with Crippen molar-refractivity contribution in [2.24, 2.45) is 0 Å². The topological polar surface area (TPSA) is 66.5 Å². The van der Waals surface area contributed by atoms with Crippen LogP contribution in [0.15, 0.2) is 46.7 Å². The molecule has 0 unspecified atom stereocenters. The fraction of sp³-hybridized carbons (Fsp3) is 0.312. The summed E-state index contributed by atoms with van der Waals surface area (Å²) in [6.45, 7) is 2.25. The number of carbonyl (C=O) groups is 1. The van der Waals surface area contributed by atoms with Crippen LogP contribution in [0.2, 0.25) is 0 Å². The Morgan fingerprint density at radius 3 is 2.61 bits per heavy atom. The second kappa shape index (κ2) is 6.43. The van der Waals surface area contributed by atoms with Gasteiger partial charge in [-0.05, 0) is 44.0 Å². The number of nitrogens with one attached hydrogen (secondary N) is 1. The molecule has 1 aliphatic heterocycles. The fourth-order valence-corrected chi connectivity index (χ4v) is 5.77. The van der Waals surface area contributed by atoms with Gasteiger partial charge in [0.15, 0.2) is 0 Å². The van der Waals surface area contributed by atoms with Crippen LogP contribution in [0.4, 0.5) is 5.69 Å². The van der Waals surface area contributed by atoms with E-state index in [-0.39, 0.29) is 5.91 Å². The standard InChI is InChI=1S/C16H18N2O3S2/c1-12-9-10-15(22-12)23(20,21)18-11-5-8-14(18)16(19)17-13-6-3-2-4-7-13/h2-4,6-7,9-10,14H,5,8,11H2,1H3,(H,17,19)/t14-/m1/s1. The summed E-state index contributed by atoms with van der Waals surface area (Å²) in [5.41, 5.74) is 0.675. The Hall–Kier alpha value is -1.70. The van der Waals surface area contributed by atoms with Crippen molar-refractivity contribution in [2.45, 2.75) is 30.0 Å². The van der Waals surface area contributed by atoms with Gasteiger partial charge in [0.2, 0.25) is 5.91 Å². The Morgan fingerprint density at radius 1 is 1.22 bits per heavy atom. The smallest absolute Gasteiger partial charge is 0.253 e. The molecule has 0 bridgehead atoms. The highest BCUT2D eigenvalue weighted by molar-refractivity contribution is 7.91. The summed E-state index contributed by atoms with van der Waals surface area (Å²) in [6.07, 6.45) is 1.23. The van der Waals surface area contributed by atoms with Gasteiger partial charge in [-0.25, -0.2) is 8.42 Å². The maximum atomic E-state index is 12.8. The first-order chi connectivity index (χ1) is 11.0. The third-order valence-electron chi connectivity index (χ3n) is 3.83. The summed E-state index contributed by atoms with van der Waals surface area (Å²) in [4.78, 5) is 13.4. The Kier molecular flexibility index (Phi) is 4.52. The average molecular weight is 350 g/mol. The Balaban J connectivity index is 1.81. The number of aryl methyl sites for hydroxylation is 1. The number of rotatable bonds is 4. The number of anilines is 1. The molecule has 3 rings (SSSR count). The molecule has 1 aromatic heterocycles. The molecule has 1 saturated heterocycles. The van der Waals surface area contributed by atoms with Crippen LogP contribution >= 0.6 is 11.3 Å². The number of carbonyl (C=O) groups excluding carboxylic acids is 1. The molecule has 1 amide bonds. The normalized spacial score (nSPS) is 18.9. The number of para-hydroxylation sites is 1. The number of sulfonamides is 1. The molecule has 7 heteroatoms. The van der Waals surface area contributed by atoms with E-state index in [0.29, 0.717) is 29.3 Å². The van der Waals surface area contributed by atoms with Gasteiger partial charge in [0, 0.05) is 17.1 Å². The molecule has 0 saturated carbocycles. The molecule has 0 aliphatic carbocycles. The van der Waals surface area contributed by atoms with E-state index in [2.05, 4.69) is 5.32 Å². The largest absolute Gasteiger partial charge is 0.325 e. The van der Waals surface area contributed by atoms with Crippen molar-refractivity contribution in [2.75, 3.05) is 11.9 Å². The second-order valence-corrected chi connectivity index (χ2v) is 8.90. The third-order valence-corrected chi connectivity index (χ3v) is 7.20. The molecule has 23 heavy (non-hydrogen) atoms. The number of hydrogen-bond acceptors (Lipinski definition) is 4. The molecular formula is C16H18N2O3S2. The van der Waals surface area contributed by atoms with Crippen molar-refractivity contribution in [3.63, 3.8) is 0 Å². The number of hydrogen-bond donors (Lipinski definition) is 1. The van der Waals surface area contributed by atoms with Crippen LogP contribution in [0.1, 0.15) is 17.7 Å². The number of thiophene rings is 1. The van der Waals surface area contributed by atoms with Crippen LogP contribution < -0.4 is 5.32 Å². The fourth-order valence-electron chi connectivity index (χ4n) is 2.70. The molecule has 122 valence electrons. The third kappa shape index (κ3) is 3.31. The van der Waals surface area contributed by atoms with E-state index in [1.54, 1.807) is 24.3 Å².